The van der Waals surface area contributed by atoms with Crippen LogP contribution in [0.15, 0.2) is 6.07 Å². The van der Waals surface area contributed by atoms with E-state index in [0.717, 1.165) is 38.2 Å². The predicted molar refractivity (Wildman–Crippen MR) is 80.7 cm³/mol. The van der Waals surface area contributed by atoms with Crippen molar-refractivity contribution < 1.29 is 22.8 Å². The highest BCUT2D eigenvalue weighted by Gasteiger charge is 2.49. The smallest absolute Gasteiger partial charge is 0.349 e. The summed E-state index contributed by atoms with van der Waals surface area (Å²) in [7, 11) is 0. The van der Waals surface area contributed by atoms with Crippen molar-refractivity contribution in [2.75, 3.05) is 6.54 Å². The summed E-state index contributed by atoms with van der Waals surface area (Å²) >= 11 is 0. The number of carbonyl (C=O) groups excluding carboxylic acids is 2. The van der Waals surface area contributed by atoms with E-state index in [1.807, 2.05) is 0 Å². The van der Waals surface area contributed by atoms with Gasteiger partial charge in [-0.15, -0.1) is 0 Å². The Morgan fingerprint density at radius 3 is 2.84 bits per heavy atom. The molecule has 2 heterocycles. The van der Waals surface area contributed by atoms with Crippen LogP contribution in [0.3, 0.4) is 0 Å². The Morgan fingerprint density at radius 2 is 2.16 bits per heavy atom. The molecule has 136 valence electrons. The van der Waals surface area contributed by atoms with Gasteiger partial charge in [-0.2, -0.15) is 18.3 Å². The van der Waals surface area contributed by atoms with Gasteiger partial charge >= 0.3 is 6.18 Å². The predicted octanol–water partition coefficient (Wildman–Crippen LogP) is 2.03. The van der Waals surface area contributed by atoms with E-state index in [1.165, 1.54) is 4.68 Å². The van der Waals surface area contributed by atoms with Crippen molar-refractivity contribution in [2.45, 2.75) is 56.3 Å². The quantitative estimate of drug-likeness (QED) is 0.867. The van der Waals surface area contributed by atoms with Crippen molar-refractivity contribution in [1.29, 1.82) is 0 Å². The van der Waals surface area contributed by atoms with Crippen LogP contribution in [0.5, 0.6) is 0 Å². The van der Waals surface area contributed by atoms with E-state index >= 15 is 0 Å². The van der Waals surface area contributed by atoms with Crippen molar-refractivity contribution in [2.24, 2.45) is 5.92 Å². The average molecular weight is 356 g/mol. The molecule has 25 heavy (non-hydrogen) atoms. The fourth-order valence-electron chi connectivity index (χ4n) is 4.06. The first kappa shape index (κ1) is 16.4. The van der Waals surface area contributed by atoms with Crippen LogP contribution in [0.4, 0.5) is 13.2 Å². The molecule has 3 fully saturated rings. The number of carbonyl (C=O) groups is 2. The lowest BCUT2D eigenvalue weighted by Gasteiger charge is -2.29. The third-order valence-corrected chi connectivity index (χ3v) is 5.49. The number of nitrogens with one attached hydrogen (secondary N) is 2. The minimum Gasteiger partial charge on any atom is -0.349 e. The maximum absolute atomic E-state index is 12.9. The third-order valence-electron chi connectivity index (χ3n) is 5.49. The van der Waals surface area contributed by atoms with Gasteiger partial charge in [-0.3, -0.25) is 14.3 Å². The fraction of sp³-hybridized carbons (Fsp3) is 0.688. The van der Waals surface area contributed by atoms with Gasteiger partial charge in [0.15, 0.2) is 5.69 Å². The van der Waals surface area contributed by atoms with Gasteiger partial charge in [0.05, 0.1) is 11.6 Å². The molecule has 6 nitrogen and oxygen atoms in total. The molecular formula is C16H19F3N4O2. The maximum atomic E-state index is 12.9. The zero-order chi connectivity index (χ0) is 17.8. The minimum absolute atomic E-state index is 0.0265. The van der Waals surface area contributed by atoms with Crippen molar-refractivity contribution in [3.8, 4) is 0 Å². The van der Waals surface area contributed by atoms with Gasteiger partial charge in [0.1, 0.15) is 5.69 Å². The van der Waals surface area contributed by atoms with Gasteiger partial charge in [0.2, 0.25) is 5.91 Å². The number of amides is 2. The zero-order valence-electron chi connectivity index (χ0n) is 13.5. The molecule has 2 amide bonds. The number of nitrogens with zero attached hydrogens (tertiary/aromatic N) is 2. The van der Waals surface area contributed by atoms with Crippen LogP contribution in [0.2, 0.25) is 0 Å². The highest BCUT2D eigenvalue weighted by Crippen LogP contribution is 2.42. The van der Waals surface area contributed by atoms with Gasteiger partial charge in [-0.25, -0.2) is 0 Å². The number of halogens is 3. The Morgan fingerprint density at radius 1 is 1.40 bits per heavy atom. The normalized spacial score (nSPS) is 28.8. The minimum atomic E-state index is -4.58. The molecule has 1 aliphatic heterocycles. The Labute approximate surface area is 142 Å². The summed E-state index contributed by atoms with van der Waals surface area (Å²) in [6, 6.07) is 0.672. The SMILES string of the molecule is O=C1CC2CCCC2(CNC(=O)c2cc(C(F)(F)F)nn2C2CC2)N1. The molecule has 1 aromatic heterocycles. The Bertz CT molecular complexity index is 725. The lowest BCUT2D eigenvalue weighted by Crippen LogP contribution is -2.52. The van der Waals surface area contributed by atoms with Crippen molar-refractivity contribution in [1.82, 2.24) is 20.4 Å². The summed E-state index contributed by atoms with van der Waals surface area (Å²) in [4.78, 5) is 24.2. The van der Waals surface area contributed by atoms with Gasteiger partial charge < -0.3 is 10.6 Å². The van der Waals surface area contributed by atoms with Crippen molar-refractivity contribution >= 4 is 11.8 Å². The van der Waals surface area contributed by atoms with E-state index in [4.69, 9.17) is 0 Å². The number of aromatic nitrogens is 2. The van der Waals surface area contributed by atoms with Crippen molar-refractivity contribution in [3.05, 3.63) is 17.5 Å². The molecule has 2 atom stereocenters. The highest BCUT2D eigenvalue weighted by molar-refractivity contribution is 5.93. The number of fused-ring (bicyclic) bond motifs is 1. The molecule has 2 saturated carbocycles. The topological polar surface area (TPSA) is 76.0 Å². The standard InChI is InChI=1S/C16H19F3N4O2/c17-16(18,19)12-7-11(23(22-12)10-3-4-10)14(25)20-8-15-5-1-2-9(15)6-13(24)21-15/h7,9-10H,1-6,8H2,(H,20,25)(H,21,24). The average Bonchev–Trinajstić information content (AvgIpc) is 3.01. The number of hydrogen-bond acceptors (Lipinski definition) is 3. The van der Waals surface area contributed by atoms with Crippen LogP contribution < -0.4 is 10.6 Å². The Kier molecular flexibility index (Phi) is 3.59. The maximum Gasteiger partial charge on any atom is 0.435 e. The van der Waals surface area contributed by atoms with E-state index < -0.39 is 23.3 Å². The third kappa shape index (κ3) is 2.89. The molecule has 2 aliphatic carbocycles. The van der Waals surface area contributed by atoms with E-state index in [-0.39, 0.29) is 30.1 Å². The van der Waals surface area contributed by atoms with Gasteiger partial charge in [0, 0.05) is 19.0 Å². The molecule has 9 heteroatoms. The highest BCUT2D eigenvalue weighted by atomic mass is 19.4. The summed E-state index contributed by atoms with van der Waals surface area (Å²) < 4.78 is 40.0. The monoisotopic (exact) mass is 356 g/mol. The van der Waals surface area contributed by atoms with Crippen LogP contribution in [0, 0.1) is 5.92 Å². The van der Waals surface area contributed by atoms with E-state index in [1.54, 1.807) is 0 Å². The second kappa shape index (κ2) is 5.47. The second-order valence-corrected chi connectivity index (χ2v) is 7.27. The molecule has 0 bridgehead atoms. The fourth-order valence-corrected chi connectivity index (χ4v) is 4.06. The molecule has 1 aromatic rings. The molecule has 4 rings (SSSR count). The first-order valence-electron chi connectivity index (χ1n) is 8.54. The molecule has 0 spiro atoms. The summed E-state index contributed by atoms with van der Waals surface area (Å²) in [6.45, 7) is 0.236. The largest absolute Gasteiger partial charge is 0.435 e. The van der Waals surface area contributed by atoms with Crippen LogP contribution in [0.1, 0.15) is 60.7 Å². The summed E-state index contributed by atoms with van der Waals surface area (Å²) in [5.41, 5.74) is -1.56. The van der Waals surface area contributed by atoms with Gasteiger partial charge in [-0.05, 0) is 31.6 Å². The molecule has 1 saturated heterocycles. The number of hydrogen-bond donors (Lipinski definition) is 2. The van der Waals surface area contributed by atoms with Crippen LogP contribution in [-0.2, 0) is 11.0 Å². The first-order valence-corrected chi connectivity index (χ1v) is 8.54. The number of alkyl halides is 3. The molecule has 3 aliphatic rings. The van der Waals surface area contributed by atoms with Crippen LogP contribution in [0.25, 0.3) is 0 Å². The molecule has 0 aromatic carbocycles. The van der Waals surface area contributed by atoms with Crippen LogP contribution in [-0.4, -0.2) is 33.7 Å². The van der Waals surface area contributed by atoms with Crippen molar-refractivity contribution in [3.63, 3.8) is 0 Å². The summed E-state index contributed by atoms with van der Waals surface area (Å²) in [6.07, 6.45) is -0.00809. The number of rotatable bonds is 4. The van der Waals surface area contributed by atoms with E-state index in [0.29, 0.717) is 6.42 Å². The Hall–Kier alpha value is -2.06. The molecule has 0 radical (unpaired) electrons. The second-order valence-electron chi connectivity index (χ2n) is 7.27. The zero-order valence-corrected chi connectivity index (χ0v) is 13.5. The Balaban J connectivity index is 1.52. The molecule has 2 unspecified atom stereocenters. The van der Waals surface area contributed by atoms with E-state index in [9.17, 15) is 22.8 Å². The molecular weight excluding hydrogens is 337 g/mol. The lowest BCUT2D eigenvalue weighted by molar-refractivity contribution is -0.141. The van der Waals surface area contributed by atoms with E-state index in [2.05, 4.69) is 15.7 Å². The first-order chi connectivity index (χ1) is 11.8. The summed E-state index contributed by atoms with van der Waals surface area (Å²) in [5.74, 6) is -0.420. The summed E-state index contributed by atoms with van der Waals surface area (Å²) in [5, 5.41) is 9.27. The van der Waals surface area contributed by atoms with Crippen LogP contribution >= 0.6 is 0 Å². The lowest BCUT2D eigenvalue weighted by atomic mass is 9.89. The van der Waals surface area contributed by atoms with Gasteiger partial charge in [0.25, 0.3) is 5.91 Å². The molecule has 2 N–H and O–H groups in total. The van der Waals surface area contributed by atoms with Gasteiger partial charge in [-0.1, -0.05) is 6.42 Å².